The number of nitrogens with one attached hydrogen (secondary N) is 1. The van der Waals surface area contributed by atoms with E-state index in [9.17, 15) is 4.79 Å². The Morgan fingerprint density at radius 1 is 1.32 bits per heavy atom. The molecule has 1 aromatic carbocycles. The van der Waals surface area contributed by atoms with Crippen molar-refractivity contribution >= 4 is 6.03 Å². The summed E-state index contributed by atoms with van der Waals surface area (Å²) in [5.74, 6) is 0.713. The minimum Gasteiger partial charge on any atom is -0.381 e. The summed E-state index contributed by atoms with van der Waals surface area (Å²) < 4.78 is 7.43. The minimum absolute atomic E-state index is 0.00967. The summed E-state index contributed by atoms with van der Waals surface area (Å²) in [5.41, 5.74) is 1.29. The average molecular weight is 341 g/mol. The molecule has 132 valence electrons. The lowest BCUT2D eigenvalue weighted by Gasteiger charge is -2.32. The highest BCUT2D eigenvalue weighted by Crippen LogP contribution is 2.40. The van der Waals surface area contributed by atoms with Crippen LogP contribution < -0.4 is 5.32 Å². The van der Waals surface area contributed by atoms with E-state index < -0.39 is 0 Å². The molecule has 7 nitrogen and oxygen atoms in total. The van der Waals surface area contributed by atoms with Crippen molar-refractivity contribution in [2.45, 2.75) is 24.9 Å². The summed E-state index contributed by atoms with van der Waals surface area (Å²) >= 11 is 0. The zero-order valence-corrected chi connectivity index (χ0v) is 14.1. The minimum atomic E-state index is 0.00967. The standard InChI is InChI=1S/C18H23N5O2/c24-18(20-7-8-22-13-19-12-21-22)23-10-15(14-4-2-1-3-5-14)16-11-25-9-6-17(16)23/h1-5,12-13,15-17H,6-11H2,(H,20,24)/t15-,16-,17-/m1/s1. The lowest BCUT2D eigenvalue weighted by molar-refractivity contribution is 0.0261. The molecule has 1 N–H and O–H groups in total. The zero-order chi connectivity index (χ0) is 17.1. The number of amides is 2. The van der Waals surface area contributed by atoms with Gasteiger partial charge in [-0.25, -0.2) is 9.78 Å². The van der Waals surface area contributed by atoms with Gasteiger partial charge in [-0.3, -0.25) is 4.68 Å². The number of ether oxygens (including phenoxy) is 1. The third-order valence-corrected chi connectivity index (χ3v) is 5.25. The first-order valence-electron chi connectivity index (χ1n) is 8.82. The number of rotatable bonds is 4. The molecule has 3 atom stereocenters. The van der Waals surface area contributed by atoms with Gasteiger partial charge in [0.1, 0.15) is 12.7 Å². The van der Waals surface area contributed by atoms with Gasteiger partial charge in [-0.2, -0.15) is 5.10 Å². The van der Waals surface area contributed by atoms with Gasteiger partial charge < -0.3 is 15.0 Å². The molecule has 0 radical (unpaired) electrons. The summed E-state index contributed by atoms with van der Waals surface area (Å²) in [6, 6.07) is 10.7. The smallest absolute Gasteiger partial charge is 0.317 e. The van der Waals surface area contributed by atoms with Gasteiger partial charge in [0.15, 0.2) is 0 Å². The average Bonchev–Trinajstić information content (AvgIpc) is 3.30. The van der Waals surface area contributed by atoms with Gasteiger partial charge >= 0.3 is 6.03 Å². The van der Waals surface area contributed by atoms with Gasteiger partial charge in [-0.15, -0.1) is 0 Å². The van der Waals surface area contributed by atoms with Crippen LogP contribution >= 0.6 is 0 Å². The highest BCUT2D eigenvalue weighted by Gasteiger charge is 2.45. The summed E-state index contributed by atoms with van der Waals surface area (Å²) in [6.45, 7) is 3.37. The van der Waals surface area contributed by atoms with Crippen LogP contribution in [0, 0.1) is 5.92 Å². The molecule has 0 aliphatic carbocycles. The van der Waals surface area contributed by atoms with E-state index in [1.54, 1.807) is 11.0 Å². The van der Waals surface area contributed by atoms with E-state index in [2.05, 4.69) is 39.7 Å². The first kappa shape index (κ1) is 16.1. The van der Waals surface area contributed by atoms with Crippen LogP contribution in [0.15, 0.2) is 43.0 Å². The predicted octanol–water partition coefficient (Wildman–Crippen LogP) is 1.49. The molecule has 2 amide bonds. The van der Waals surface area contributed by atoms with Gasteiger partial charge in [0.2, 0.25) is 0 Å². The van der Waals surface area contributed by atoms with Crippen LogP contribution in [-0.4, -0.2) is 58.0 Å². The van der Waals surface area contributed by atoms with Gasteiger partial charge in [0, 0.05) is 37.6 Å². The van der Waals surface area contributed by atoms with Crippen molar-refractivity contribution in [1.82, 2.24) is 25.0 Å². The maximum Gasteiger partial charge on any atom is 0.317 e. The lowest BCUT2D eigenvalue weighted by atomic mass is 9.84. The van der Waals surface area contributed by atoms with Crippen LogP contribution in [0.3, 0.4) is 0 Å². The normalized spacial score (nSPS) is 25.6. The molecule has 2 fully saturated rings. The van der Waals surface area contributed by atoms with Crippen molar-refractivity contribution < 1.29 is 9.53 Å². The summed E-state index contributed by atoms with van der Waals surface area (Å²) in [7, 11) is 0. The van der Waals surface area contributed by atoms with E-state index in [-0.39, 0.29) is 12.1 Å². The molecule has 2 aliphatic heterocycles. The molecule has 4 rings (SSSR count). The fourth-order valence-electron chi connectivity index (χ4n) is 4.02. The number of hydrogen-bond donors (Lipinski definition) is 1. The first-order valence-corrected chi connectivity index (χ1v) is 8.82. The van der Waals surface area contributed by atoms with Crippen molar-refractivity contribution in [2.75, 3.05) is 26.3 Å². The third kappa shape index (κ3) is 3.37. The highest BCUT2D eigenvalue weighted by molar-refractivity contribution is 5.75. The van der Waals surface area contributed by atoms with Crippen LogP contribution in [0.25, 0.3) is 0 Å². The van der Waals surface area contributed by atoms with Gasteiger partial charge in [0.05, 0.1) is 13.2 Å². The Balaban J connectivity index is 1.42. The molecular formula is C18H23N5O2. The number of carbonyl (C=O) groups is 1. The number of fused-ring (bicyclic) bond motifs is 1. The van der Waals surface area contributed by atoms with Crippen molar-refractivity contribution in [3.63, 3.8) is 0 Å². The highest BCUT2D eigenvalue weighted by atomic mass is 16.5. The van der Waals surface area contributed by atoms with Crippen LogP contribution in [0.4, 0.5) is 4.79 Å². The van der Waals surface area contributed by atoms with E-state index in [4.69, 9.17) is 4.74 Å². The first-order chi connectivity index (χ1) is 12.3. The van der Waals surface area contributed by atoms with E-state index in [0.29, 0.717) is 24.9 Å². The Bertz CT molecular complexity index is 691. The van der Waals surface area contributed by atoms with Gasteiger partial charge in [-0.05, 0) is 12.0 Å². The second-order valence-electron chi connectivity index (χ2n) is 6.65. The molecule has 2 aliphatic rings. The van der Waals surface area contributed by atoms with Crippen LogP contribution in [0.2, 0.25) is 0 Å². The van der Waals surface area contributed by atoms with Crippen LogP contribution in [0.5, 0.6) is 0 Å². The molecule has 25 heavy (non-hydrogen) atoms. The molecule has 7 heteroatoms. The van der Waals surface area contributed by atoms with Crippen LogP contribution in [0.1, 0.15) is 17.9 Å². The summed E-state index contributed by atoms with van der Waals surface area (Å²) in [6.07, 6.45) is 4.06. The fraction of sp³-hybridized carbons (Fsp3) is 0.500. The number of nitrogens with zero attached hydrogens (tertiary/aromatic N) is 4. The summed E-state index contributed by atoms with van der Waals surface area (Å²) in [5, 5.41) is 7.08. The Kier molecular flexibility index (Phi) is 4.65. The molecule has 0 spiro atoms. The number of benzene rings is 1. The molecule has 0 bridgehead atoms. The molecular weight excluding hydrogens is 318 g/mol. The Hall–Kier alpha value is -2.41. The largest absolute Gasteiger partial charge is 0.381 e. The van der Waals surface area contributed by atoms with Crippen molar-refractivity contribution in [2.24, 2.45) is 5.92 Å². The maximum absolute atomic E-state index is 12.7. The van der Waals surface area contributed by atoms with Crippen molar-refractivity contribution in [3.05, 3.63) is 48.5 Å². The quantitative estimate of drug-likeness (QED) is 0.915. The number of likely N-dealkylation sites (tertiary alicyclic amines) is 1. The maximum atomic E-state index is 12.7. The summed E-state index contributed by atoms with van der Waals surface area (Å²) in [4.78, 5) is 18.7. The van der Waals surface area contributed by atoms with Crippen molar-refractivity contribution in [3.8, 4) is 0 Å². The molecule has 3 heterocycles. The van der Waals surface area contributed by atoms with Crippen LogP contribution in [-0.2, 0) is 11.3 Å². The second-order valence-corrected chi connectivity index (χ2v) is 6.65. The number of aromatic nitrogens is 3. The van der Waals surface area contributed by atoms with E-state index in [0.717, 1.165) is 26.2 Å². The Labute approximate surface area is 147 Å². The predicted molar refractivity (Wildman–Crippen MR) is 92.0 cm³/mol. The lowest BCUT2D eigenvalue weighted by Crippen LogP contribution is -2.47. The zero-order valence-electron chi connectivity index (χ0n) is 14.1. The number of hydrogen-bond acceptors (Lipinski definition) is 4. The molecule has 0 saturated carbocycles. The molecule has 2 aromatic rings. The van der Waals surface area contributed by atoms with E-state index in [1.165, 1.54) is 11.9 Å². The Morgan fingerprint density at radius 3 is 3.00 bits per heavy atom. The number of urea groups is 1. The Morgan fingerprint density at radius 2 is 2.20 bits per heavy atom. The second kappa shape index (κ2) is 7.23. The van der Waals surface area contributed by atoms with E-state index >= 15 is 0 Å². The topological polar surface area (TPSA) is 72.3 Å². The van der Waals surface area contributed by atoms with E-state index in [1.807, 2.05) is 11.0 Å². The fourth-order valence-corrected chi connectivity index (χ4v) is 4.02. The molecule has 0 unspecified atom stereocenters. The van der Waals surface area contributed by atoms with Gasteiger partial charge in [0.25, 0.3) is 0 Å². The SMILES string of the molecule is O=C(NCCn1cncn1)N1C[C@H](c2ccccc2)[C@H]2COCC[C@H]21. The monoisotopic (exact) mass is 341 g/mol. The number of carbonyl (C=O) groups excluding carboxylic acids is 1. The molecule has 1 aromatic heterocycles. The third-order valence-electron chi connectivity index (χ3n) is 5.25. The van der Waals surface area contributed by atoms with Crippen molar-refractivity contribution in [1.29, 1.82) is 0 Å². The van der Waals surface area contributed by atoms with Gasteiger partial charge in [-0.1, -0.05) is 30.3 Å². The molecule has 2 saturated heterocycles.